The quantitative estimate of drug-likeness (QED) is 0.759. The lowest BCUT2D eigenvalue weighted by atomic mass is 10.1. The SMILES string of the molecule is FC(F)Cn1cnc2cc(Br)cc(C(F)(F)F)c21. The maximum absolute atomic E-state index is 12.8. The van der Waals surface area contributed by atoms with Crippen LogP contribution in [0.15, 0.2) is 22.9 Å². The van der Waals surface area contributed by atoms with Gasteiger partial charge >= 0.3 is 6.18 Å². The molecule has 0 saturated heterocycles. The molecule has 0 atom stereocenters. The van der Waals surface area contributed by atoms with Crippen LogP contribution in [-0.2, 0) is 12.7 Å². The molecule has 0 spiro atoms. The van der Waals surface area contributed by atoms with Gasteiger partial charge in [-0.2, -0.15) is 13.2 Å². The van der Waals surface area contributed by atoms with Crippen molar-refractivity contribution in [2.75, 3.05) is 0 Å². The first-order valence-electron chi connectivity index (χ1n) is 4.79. The Hall–Kier alpha value is -1.18. The topological polar surface area (TPSA) is 17.8 Å². The highest BCUT2D eigenvalue weighted by molar-refractivity contribution is 9.10. The molecule has 2 rings (SSSR count). The molecule has 18 heavy (non-hydrogen) atoms. The Morgan fingerprint density at radius 2 is 1.94 bits per heavy atom. The summed E-state index contributed by atoms with van der Waals surface area (Å²) in [5.41, 5.74) is -1.28. The zero-order valence-electron chi connectivity index (χ0n) is 8.68. The van der Waals surface area contributed by atoms with Crippen molar-refractivity contribution in [1.82, 2.24) is 9.55 Å². The van der Waals surface area contributed by atoms with Crippen molar-refractivity contribution in [3.8, 4) is 0 Å². The van der Waals surface area contributed by atoms with Crippen LogP contribution in [0.4, 0.5) is 22.0 Å². The van der Waals surface area contributed by atoms with E-state index >= 15 is 0 Å². The van der Waals surface area contributed by atoms with Crippen LogP contribution >= 0.6 is 15.9 Å². The molecule has 0 aliphatic heterocycles. The van der Waals surface area contributed by atoms with Gasteiger partial charge in [0.15, 0.2) is 0 Å². The molecule has 0 saturated carbocycles. The molecule has 0 bridgehead atoms. The Morgan fingerprint density at radius 3 is 2.50 bits per heavy atom. The van der Waals surface area contributed by atoms with Crippen molar-refractivity contribution in [3.05, 3.63) is 28.5 Å². The van der Waals surface area contributed by atoms with Crippen LogP contribution in [0.2, 0.25) is 0 Å². The number of hydrogen-bond donors (Lipinski definition) is 0. The minimum atomic E-state index is -4.62. The van der Waals surface area contributed by atoms with Gasteiger partial charge in [-0.3, -0.25) is 0 Å². The van der Waals surface area contributed by atoms with Gasteiger partial charge in [0, 0.05) is 4.47 Å². The Bertz CT molecular complexity index is 575. The van der Waals surface area contributed by atoms with Gasteiger partial charge in [0.05, 0.1) is 29.5 Å². The van der Waals surface area contributed by atoms with Crippen LogP contribution in [0.25, 0.3) is 11.0 Å². The number of hydrogen-bond acceptors (Lipinski definition) is 1. The van der Waals surface area contributed by atoms with Gasteiger partial charge in [0.2, 0.25) is 0 Å². The van der Waals surface area contributed by atoms with Crippen LogP contribution in [0.5, 0.6) is 0 Å². The van der Waals surface area contributed by atoms with Crippen LogP contribution in [-0.4, -0.2) is 16.0 Å². The van der Waals surface area contributed by atoms with Crippen molar-refractivity contribution in [2.24, 2.45) is 0 Å². The molecule has 0 amide bonds. The van der Waals surface area contributed by atoms with E-state index in [1.54, 1.807) is 0 Å². The number of fused-ring (bicyclic) bond motifs is 1. The van der Waals surface area contributed by atoms with Gasteiger partial charge in [-0.25, -0.2) is 13.8 Å². The van der Waals surface area contributed by atoms with Gasteiger partial charge in [0.1, 0.15) is 0 Å². The fraction of sp³-hybridized carbons (Fsp3) is 0.300. The Labute approximate surface area is 107 Å². The van der Waals surface area contributed by atoms with Gasteiger partial charge in [-0.05, 0) is 12.1 Å². The number of rotatable bonds is 2. The molecule has 0 aliphatic carbocycles. The summed E-state index contributed by atoms with van der Waals surface area (Å²) in [7, 11) is 0. The van der Waals surface area contributed by atoms with Crippen LogP contribution in [0.3, 0.4) is 0 Å². The highest BCUT2D eigenvalue weighted by Crippen LogP contribution is 2.36. The molecule has 0 aliphatic rings. The maximum atomic E-state index is 12.8. The van der Waals surface area contributed by atoms with Crippen molar-refractivity contribution in [2.45, 2.75) is 19.1 Å². The summed E-state index contributed by atoms with van der Waals surface area (Å²) in [6.45, 7) is -0.818. The predicted octanol–water partition coefficient (Wildman–Crippen LogP) is 4.08. The highest BCUT2D eigenvalue weighted by Gasteiger charge is 2.34. The molecule has 8 heteroatoms. The van der Waals surface area contributed by atoms with Crippen LogP contribution in [0.1, 0.15) is 5.56 Å². The average molecular weight is 329 g/mol. The second kappa shape index (κ2) is 4.49. The molecule has 2 aromatic rings. The number of aromatic nitrogens is 2. The Morgan fingerprint density at radius 1 is 1.28 bits per heavy atom. The molecule has 0 unspecified atom stereocenters. The van der Waals surface area contributed by atoms with E-state index in [1.807, 2.05) is 0 Å². The zero-order valence-corrected chi connectivity index (χ0v) is 10.3. The van der Waals surface area contributed by atoms with E-state index in [-0.39, 0.29) is 15.5 Å². The van der Waals surface area contributed by atoms with Crippen molar-refractivity contribution in [1.29, 1.82) is 0 Å². The fourth-order valence-electron chi connectivity index (χ4n) is 1.68. The fourth-order valence-corrected chi connectivity index (χ4v) is 2.12. The van der Waals surface area contributed by atoms with E-state index in [9.17, 15) is 22.0 Å². The smallest absolute Gasteiger partial charge is 0.324 e. The molecular formula is C10H6BrF5N2. The number of benzene rings is 1. The number of nitrogens with zero attached hydrogens (tertiary/aromatic N) is 2. The molecule has 0 radical (unpaired) electrons. The lowest BCUT2D eigenvalue weighted by molar-refractivity contribution is -0.136. The minimum absolute atomic E-state index is 0.0253. The van der Waals surface area contributed by atoms with Gasteiger partial charge < -0.3 is 4.57 Å². The average Bonchev–Trinajstić information content (AvgIpc) is 2.57. The van der Waals surface area contributed by atoms with E-state index < -0.39 is 24.7 Å². The number of halogens is 6. The monoisotopic (exact) mass is 328 g/mol. The van der Waals surface area contributed by atoms with Gasteiger partial charge in [-0.15, -0.1) is 0 Å². The summed E-state index contributed by atoms with van der Waals surface area (Å²) < 4.78 is 64.1. The predicted molar refractivity (Wildman–Crippen MR) is 58.4 cm³/mol. The third-order valence-corrected chi connectivity index (χ3v) is 2.78. The first kappa shape index (κ1) is 13.3. The molecule has 0 fully saturated rings. The molecule has 0 N–H and O–H groups in total. The van der Waals surface area contributed by atoms with Crippen molar-refractivity contribution < 1.29 is 22.0 Å². The van der Waals surface area contributed by atoms with E-state index in [0.29, 0.717) is 0 Å². The standard InChI is InChI=1S/C10H6BrF5N2/c11-5-1-6(10(14,15)16)9-7(2-5)17-4-18(9)3-8(12)13/h1-2,4,8H,3H2. The summed E-state index contributed by atoms with van der Waals surface area (Å²) in [5.74, 6) is 0. The summed E-state index contributed by atoms with van der Waals surface area (Å²) in [4.78, 5) is 3.71. The Balaban J connectivity index is 2.70. The molecule has 98 valence electrons. The third kappa shape index (κ3) is 2.47. The zero-order chi connectivity index (χ0) is 13.5. The first-order valence-corrected chi connectivity index (χ1v) is 5.58. The Kier molecular flexibility index (Phi) is 3.31. The summed E-state index contributed by atoms with van der Waals surface area (Å²) in [5, 5.41) is 0. The lowest BCUT2D eigenvalue weighted by Gasteiger charge is -2.11. The van der Waals surface area contributed by atoms with Crippen molar-refractivity contribution >= 4 is 27.0 Å². The van der Waals surface area contributed by atoms with E-state index in [1.165, 1.54) is 6.07 Å². The van der Waals surface area contributed by atoms with Gasteiger partial charge in [0.25, 0.3) is 6.43 Å². The maximum Gasteiger partial charge on any atom is 0.418 e. The molecule has 1 aromatic heterocycles. The number of imidazole rings is 1. The van der Waals surface area contributed by atoms with Crippen molar-refractivity contribution in [3.63, 3.8) is 0 Å². The normalized spacial score (nSPS) is 12.6. The third-order valence-electron chi connectivity index (χ3n) is 2.32. The van der Waals surface area contributed by atoms with E-state index in [0.717, 1.165) is 17.0 Å². The molecule has 1 aromatic carbocycles. The van der Waals surface area contributed by atoms with Gasteiger partial charge in [-0.1, -0.05) is 15.9 Å². The highest BCUT2D eigenvalue weighted by atomic mass is 79.9. The summed E-state index contributed by atoms with van der Waals surface area (Å²) in [6, 6.07) is 2.21. The first-order chi connectivity index (χ1) is 8.29. The van der Waals surface area contributed by atoms with Crippen LogP contribution in [0, 0.1) is 0 Å². The second-order valence-corrected chi connectivity index (χ2v) is 4.52. The minimum Gasteiger partial charge on any atom is -0.324 e. The largest absolute Gasteiger partial charge is 0.418 e. The van der Waals surface area contributed by atoms with Crippen LogP contribution < -0.4 is 0 Å². The van der Waals surface area contributed by atoms with E-state index in [4.69, 9.17) is 0 Å². The lowest BCUT2D eigenvalue weighted by Crippen LogP contribution is -2.11. The number of alkyl halides is 5. The summed E-state index contributed by atoms with van der Waals surface area (Å²) >= 11 is 2.94. The summed E-state index contributed by atoms with van der Waals surface area (Å²) in [6.07, 6.45) is -6.38. The second-order valence-electron chi connectivity index (χ2n) is 3.61. The molecule has 1 heterocycles. The molecule has 2 nitrogen and oxygen atoms in total. The van der Waals surface area contributed by atoms with E-state index in [2.05, 4.69) is 20.9 Å². The molecular weight excluding hydrogens is 323 g/mol.